The molecule has 0 aliphatic carbocycles. The van der Waals surface area contributed by atoms with Crippen molar-refractivity contribution in [1.29, 1.82) is 0 Å². The summed E-state index contributed by atoms with van der Waals surface area (Å²) < 4.78 is 0. The number of aryl methyl sites for hydroxylation is 2. The Hall–Kier alpha value is -2.14. The fraction of sp³-hybridized carbons (Fsp3) is 0.516. The molecule has 0 radical (unpaired) electrons. The van der Waals surface area contributed by atoms with Crippen molar-refractivity contribution in [3.05, 3.63) is 81.9 Å². The summed E-state index contributed by atoms with van der Waals surface area (Å²) in [6.45, 7) is 9.84. The zero-order valence-electron chi connectivity index (χ0n) is 22.1. The van der Waals surface area contributed by atoms with Crippen LogP contribution in [0.2, 0.25) is 5.02 Å². The van der Waals surface area contributed by atoms with Crippen molar-refractivity contribution in [3.63, 3.8) is 0 Å². The molecule has 4 rings (SSSR count). The highest BCUT2D eigenvalue weighted by Gasteiger charge is 2.28. The molecule has 1 amide bonds. The number of fused-ring (bicyclic) bond motifs is 1. The highest BCUT2D eigenvalue weighted by molar-refractivity contribution is 6.31. The van der Waals surface area contributed by atoms with E-state index in [1.165, 1.54) is 54.5 Å². The van der Waals surface area contributed by atoms with E-state index in [-0.39, 0.29) is 11.9 Å². The minimum absolute atomic E-state index is 0.0871. The van der Waals surface area contributed by atoms with Crippen LogP contribution < -0.4 is 5.32 Å². The molecule has 2 aromatic carbocycles. The number of benzene rings is 2. The summed E-state index contributed by atoms with van der Waals surface area (Å²) in [7, 11) is 1.74. The predicted octanol–water partition coefficient (Wildman–Crippen LogP) is 6.07. The topological polar surface area (TPSA) is 35.6 Å². The largest absolute Gasteiger partial charge is 0.358 e. The molecule has 1 saturated heterocycles. The molecule has 194 valence electrons. The van der Waals surface area contributed by atoms with E-state index >= 15 is 0 Å². The van der Waals surface area contributed by atoms with Gasteiger partial charge in [0.2, 0.25) is 5.91 Å². The lowest BCUT2D eigenvalue weighted by Crippen LogP contribution is -2.47. The number of nitrogens with one attached hydrogen (secondary N) is 1. The maximum atomic E-state index is 12.6. The zero-order valence-corrected chi connectivity index (χ0v) is 22.8. The number of likely N-dealkylation sites (N-methyl/N-ethyl adjacent to an activating group) is 1. The first-order valence-corrected chi connectivity index (χ1v) is 14.0. The van der Waals surface area contributed by atoms with Crippen LogP contribution in [0.5, 0.6) is 0 Å². The summed E-state index contributed by atoms with van der Waals surface area (Å²) in [5.74, 6) is 0.115. The average Bonchev–Trinajstić information content (AvgIpc) is 2.90. The molecular formula is C31H42ClN3O. The van der Waals surface area contributed by atoms with Crippen LogP contribution in [0, 0.1) is 6.92 Å². The second-order valence-corrected chi connectivity index (χ2v) is 11.0. The number of halogens is 1. The number of hydrogen-bond acceptors (Lipinski definition) is 3. The van der Waals surface area contributed by atoms with Crippen LogP contribution >= 0.6 is 11.6 Å². The Labute approximate surface area is 222 Å². The third kappa shape index (κ3) is 6.79. The van der Waals surface area contributed by atoms with Crippen LogP contribution in [-0.2, 0) is 30.7 Å². The number of carbonyl (C=O) groups excluding carboxylic acids is 1. The van der Waals surface area contributed by atoms with E-state index in [4.69, 9.17) is 11.6 Å². The van der Waals surface area contributed by atoms with Crippen LogP contribution in [0.1, 0.15) is 66.3 Å². The Balaban J connectivity index is 1.39. The van der Waals surface area contributed by atoms with Gasteiger partial charge in [0.1, 0.15) is 0 Å². The number of hydrogen-bond donors (Lipinski definition) is 1. The minimum atomic E-state index is -0.0871. The van der Waals surface area contributed by atoms with E-state index in [0.29, 0.717) is 6.04 Å². The number of allylic oxidation sites excluding steroid dienone is 1. The first kappa shape index (κ1) is 26.9. The molecule has 36 heavy (non-hydrogen) atoms. The number of carbonyl (C=O) groups is 1. The van der Waals surface area contributed by atoms with Gasteiger partial charge in [-0.2, -0.15) is 0 Å². The molecule has 4 nitrogen and oxygen atoms in total. The molecule has 2 aromatic rings. The summed E-state index contributed by atoms with van der Waals surface area (Å²) in [6.07, 6.45) is 10.7. The number of rotatable bonds is 10. The second kappa shape index (κ2) is 12.9. The predicted molar refractivity (Wildman–Crippen MR) is 150 cm³/mol. The van der Waals surface area contributed by atoms with E-state index in [1.807, 2.05) is 6.08 Å². The van der Waals surface area contributed by atoms with Gasteiger partial charge in [-0.05, 0) is 92.3 Å². The van der Waals surface area contributed by atoms with Crippen LogP contribution in [0.25, 0.3) is 0 Å². The molecule has 2 heterocycles. The van der Waals surface area contributed by atoms with Gasteiger partial charge in [-0.3, -0.25) is 14.6 Å². The molecule has 1 N–H and O–H groups in total. The summed E-state index contributed by atoms with van der Waals surface area (Å²) in [4.78, 5) is 17.6. The first-order chi connectivity index (χ1) is 17.5. The standard InChI is InChI=1S/C31H42ClN3O/c1-4-5-9-30(31(36)33-3)35-18-16-26-14-12-24(19-27(26)22-35)13-15-28-8-6-7-17-34(28)21-25-11-10-23(2)29(32)20-25/h4,10-12,14,19-20,28,30H,1,5-9,13,15-18,21-22H2,2-3H3,(H,33,36). The molecule has 0 bridgehead atoms. The second-order valence-electron chi connectivity index (χ2n) is 10.6. The number of nitrogens with zero attached hydrogens (tertiary/aromatic N) is 2. The number of likely N-dealkylation sites (tertiary alicyclic amines) is 1. The lowest BCUT2D eigenvalue weighted by atomic mass is 9.91. The monoisotopic (exact) mass is 507 g/mol. The molecule has 2 atom stereocenters. The van der Waals surface area contributed by atoms with Crippen LogP contribution in [0.4, 0.5) is 0 Å². The SMILES string of the molecule is C=CCCC(C(=O)NC)N1CCc2ccc(CCC3CCCCN3Cc3ccc(C)c(Cl)c3)cc2C1. The maximum Gasteiger partial charge on any atom is 0.237 e. The zero-order chi connectivity index (χ0) is 25.5. The fourth-order valence-electron chi connectivity index (χ4n) is 5.87. The Kier molecular flexibility index (Phi) is 9.64. The van der Waals surface area contributed by atoms with Crippen molar-refractivity contribution in [3.8, 4) is 0 Å². The lowest BCUT2D eigenvalue weighted by molar-refractivity contribution is -0.126. The van der Waals surface area contributed by atoms with Gasteiger partial charge in [0, 0.05) is 37.7 Å². The van der Waals surface area contributed by atoms with Gasteiger partial charge in [0.05, 0.1) is 6.04 Å². The van der Waals surface area contributed by atoms with Gasteiger partial charge in [0.15, 0.2) is 0 Å². The van der Waals surface area contributed by atoms with Crippen molar-refractivity contribution in [2.24, 2.45) is 0 Å². The molecule has 2 aliphatic heterocycles. The van der Waals surface area contributed by atoms with Crippen LogP contribution in [-0.4, -0.2) is 47.9 Å². The van der Waals surface area contributed by atoms with Gasteiger partial charge in [-0.1, -0.05) is 54.4 Å². The van der Waals surface area contributed by atoms with Crippen molar-refractivity contribution >= 4 is 17.5 Å². The summed E-state index contributed by atoms with van der Waals surface area (Å²) in [5.41, 5.74) is 6.70. The van der Waals surface area contributed by atoms with E-state index in [0.717, 1.165) is 55.9 Å². The van der Waals surface area contributed by atoms with Crippen LogP contribution in [0.3, 0.4) is 0 Å². The van der Waals surface area contributed by atoms with Crippen LogP contribution in [0.15, 0.2) is 49.1 Å². The van der Waals surface area contributed by atoms with Gasteiger partial charge in [0.25, 0.3) is 0 Å². The van der Waals surface area contributed by atoms with Crippen molar-refractivity contribution in [1.82, 2.24) is 15.1 Å². The van der Waals surface area contributed by atoms with Gasteiger partial charge in [-0.15, -0.1) is 6.58 Å². The molecule has 2 aliphatic rings. The van der Waals surface area contributed by atoms with E-state index in [2.05, 4.69) is 65.0 Å². The Morgan fingerprint density at radius 3 is 2.78 bits per heavy atom. The number of piperidine rings is 1. The van der Waals surface area contributed by atoms with E-state index in [1.54, 1.807) is 7.05 Å². The highest BCUT2D eigenvalue weighted by atomic mass is 35.5. The molecular weight excluding hydrogens is 466 g/mol. The molecule has 1 fully saturated rings. The summed E-state index contributed by atoms with van der Waals surface area (Å²) in [5, 5.41) is 3.73. The van der Waals surface area contributed by atoms with Crippen molar-refractivity contribution in [2.75, 3.05) is 20.1 Å². The quantitative estimate of drug-likeness (QED) is 0.396. The van der Waals surface area contributed by atoms with E-state index < -0.39 is 0 Å². The van der Waals surface area contributed by atoms with Gasteiger partial charge in [-0.25, -0.2) is 0 Å². The molecule has 5 heteroatoms. The molecule has 0 saturated carbocycles. The average molecular weight is 508 g/mol. The third-order valence-corrected chi connectivity index (χ3v) is 8.49. The minimum Gasteiger partial charge on any atom is -0.358 e. The number of amides is 1. The third-order valence-electron chi connectivity index (χ3n) is 8.08. The van der Waals surface area contributed by atoms with Gasteiger partial charge < -0.3 is 5.32 Å². The molecule has 0 aromatic heterocycles. The lowest BCUT2D eigenvalue weighted by Gasteiger charge is -2.36. The summed E-state index contributed by atoms with van der Waals surface area (Å²) in [6, 6.07) is 14.1. The maximum absolute atomic E-state index is 12.6. The Morgan fingerprint density at radius 1 is 1.17 bits per heavy atom. The first-order valence-electron chi connectivity index (χ1n) is 13.6. The molecule has 0 spiro atoms. The highest BCUT2D eigenvalue weighted by Crippen LogP contribution is 2.27. The Morgan fingerprint density at radius 2 is 2.00 bits per heavy atom. The Bertz CT molecular complexity index is 1050. The molecule has 2 unspecified atom stereocenters. The van der Waals surface area contributed by atoms with Crippen molar-refractivity contribution in [2.45, 2.75) is 83.5 Å². The summed E-state index contributed by atoms with van der Waals surface area (Å²) >= 11 is 6.40. The fourth-order valence-corrected chi connectivity index (χ4v) is 6.08. The smallest absolute Gasteiger partial charge is 0.237 e. The van der Waals surface area contributed by atoms with E-state index in [9.17, 15) is 4.79 Å². The van der Waals surface area contributed by atoms with Crippen molar-refractivity contribution < 1.29 is 4.79 Å². The van der Waals surface area contributed by atoms with Gasteiger partial charge >= 0.3 is 0 Å². The normalized spacial score (nSPS) is 19.5.